The molecule has 2 aromatic rings. The number of nitrogens with one attached hydrogen (secondary N) is 1. The molecule has 160 valence electrons. The largest absolute Gasteiger partial charge is 0.496 e. The smallest absolute Gasteiger partial charge is 0.339 e. The number of anilines is 1. The van der Waals surface area contributed by atoms with Gasteiger partial charge >= 0.3 is 5.97 Å². The number of para-hydroxylation sites is 1. The molecule has 1 amide bonds. The Morgan fingerprint density at radius 3 is 2.33 bits per heavy atom. The fourth-order valence-corrected chi connectivity index (χ4v) is 4.89. The summed E-state index contributed by atoms with van der Waals surface area (Å²) in [7, 11) is -1.07. The van der Waals surface area contributed by atoms with Crippen LogP contribution in [0.3, 0.4) is 0 Å². The van der Waals surface area contributed by atoms with Crippen molar-refractivity contribution >= 4 is 27.6 Å². The molecule has 0 bridgehead atoms. The first kappa shape index (κ1) is 21.8. The molecule has 1 heterocycles. The van der Waals surface area contributed by atoms with Crippen molar-refractivity contribution in [3.8, 4) is 5.75 Å². The minimum Gasteiger partial charge on any atom is -0.496 e. The van der Waals surface area contributed by atoms with Gasteiger partial charge in [0.05, 0.1) is 35.9 Å². The third kappa shape index (κ3) is 4.47. The lowest BCUT2D eigenvalue weighted by molar-refractivity contribution is 0.0602. The van der Waals surface area contributed by atoms with Gasteiger partial charge in [-0.15, -0.1) is 0 Å². The van der Waals surface area contributed by atoms with E-state index in [2.05, 4.69) is 5.32 Å². The van der Waals surface area contributed by atoms with E-state index < -0.39 is 21.9 Å². The predicted molar refractivity (Wildman–Crippen MR) is 111 cm³/mol. The number of rotatable bonds is 6. The Balaban J connectivity index is 1.95. The number of hydrogen-bond donors (Lipinski definition) is 1. The van der Waals surface area contributed by atoms with Crippen molar-refractivity contribution in [1.82, 2.24) is 4.31 Å². The van der Waals surface area contributed by atoms with Crippen LogP contribution in [0.2, 0.25) is 0 Å². The molecule has 30 heavy (non-hydrogen) atoms. The van der Waals surface area contributed by atoms with Gasteiger partial charge in [0.1, 0.15) is 5.75 Å². The first-order valence-corrected chi connectivity index (χ1v) is 11.0. The molecule has 3 rings (SSSR count). The lowest BCUT2D eigenvalue weighted by atomic mass is 10.1. The summed E-state index contributed by atoms with van der Waals surface area (Å²) in [5, 5.41) is 2.65. The highest BCUT2D eigenvalue weighted by Crippen LogP contribution is 2.27. The zero-order chi connectivity index (χ0) is 21.7. The zero-order valence-corrected chi connectivity index (χ0v) is 17.7. The van der Waals surface area contributed by atoms with E-state index in [1.807, 2.05) is 0 Å². The van der Waals surface area contributed by atoms with Crippen molar-refractivity contribution in [3.63, 3.8) is 0 Å². The van der Waals surface area contributed by atoms with Crippen LogP contribution in [-0.4, -0.2) is 51.9 Å². The summed E-state index contributed by atoms with van der Waals surface area (Å²) < 4.78 is 37.4. The van der Waals surface area contributed by atoms with E-state index in [0.29, 0.717) is 13.1 Å². The lowest BCUT2D eigenvalue weighted by Crippen LogP contribution is -2.35. The van der Waals surface area contributed by atoms with Gasteiger partial charge in [-0.2, -0.15) is 4.31 Å². The quantitative estimate of drug-likeness (QED) is 0.704. The molecule has 0 unspecified atom stereocenters. The lowest BCUT2D eigenvalue weighted by Gasteiger charge is -2.26. The normalized spacial score (nSPS) is 14.7. The number of amides is 1. The third-order valence-electron chi connectivity index (χ3n) is 4.95. The number of carbonyl (C=O) groups excluding carboxylic acids is 2. The molecule has 0 aromatic heterocycles. The number of carbonyl (C=O) groups is 2. The van der Waals surface area contributed by atoms with E-state index in [4.69, 9.17) is 9.47 Å². The molecule has 0 atom stereocenters. The standard InChI is InChI=1S/C21H24N2O6S/c1-28-19-11-10-15(30(26,27)23-12-6-3-7-13-23)14-17(19)20(24)22-18-9-5-4-8-16(18)21(25)29-2/h4-5,8-11,14H,3,6-7,12-13H2,1-2H3,(H,22,24). The summed E-state index contributed by atoms with van der Waals surface area (Å²) in [6, 6.07) is 10.6. The molecular weight excluding hydrogens is 408 g/mol. The first-order chi connectivity index (χ1) is 14.4. The van der Waals surface area contributed by atoms with E-state index in [1.54, 1.807) is 18.2 Å². The highest BCUT2D eigenvalue weighted by atomic mass is 32.2. The van der Waals surface area contributed by atoms with Gasteiger partial charge in [0.15, 0.2) is 0 Å². The maximum absolute atomic E-state index is 13.0. The molecule has 0 spiro atoms. The summed E-state index contributed by atoms with van der Waals surface area (Å²) in [5.41, 5.74) is 0.486. The Bertz CT molecular complexity index is 1050. The van der Waals surface area contributed by atoms with E-state index in [9.17, 15) is 18.0 Å². The number of benzene rings is 2. The summed E-state index contributed by atoms with van der Waals surface area (Å²) in [6.45, 7) is 0.921. The van der Waals surface area contributed by atoms with Crippen molar-refractivity contribution in [2.24, 2.45) is 0 Å². The van der Waals surface area contributed by atoms with Gasteiger partial charge in [0.25, 0.3) is 5.91 Å². The summed E-state index contributed by atoms with van der Waals surface area (Å²) in [6.07, 6.45) is 2.63. The van der Waals surface area contributed by atoms with E-state index >= 15 is 0 Å². The van der Waals surface area contributed by atoms with E-state index in [0.717, 1.165) is 19.3 Å². The highest BCUT2D eigenvalue weighted by Gasteiger charge is 2.28. The van der Waals surface area contributed by atoms with Crippen LogP contribution in [0, 0.1) is 0 Å². The molecule has 1 aliphatic rings. The second-order valence-electron chi connectivity index (χ2n) is 6.82. The first-order valence-electron chi connectivity index (χ1n) is 9.55. The molecule has 1 N–H and O–H groups in total. The van der Waals surface area contributed by atoms with Crippen molar-refractivity contribution < 1.29 is 27.5 Å². The van der Waals surface area contributed by atoms with E-state index in [1.165, 1.54) is 42.8 Å². The second kappa shape index (κ2) is 9.27. The number of methoxy groups -OCH3 is 2. The number of nitrogens with zero attached hydrogens (tertiary/aromatic N) is 1. The average Bonchev–Trinajstić information content (AvgIpc) is 2.79. The molecular formula is C21H24N2O6S. The fourth-order valence-electron chi connectivity index (χ4n) is 3.35. The van der Waals surface area contributed by atoms with Gasteiger partial charge in [-0.1, -0.05) is 18.6 Å². The summed E-state index contributed by atoms with van der Waals surface area (Å²) in [4.78, 5) is 24.9. The van der Waals surface area contributed by atoms with Crippen LogP contribution in [0.25, 0.3) is 0 Å². The van der Waals surface area contributed by atoms with Gasteiger partial charge in [-0.25, -0.2) is 13.2 Å². The second-order valence-corrected chi connectivity index (χ2v) is 8.76. The van der Waals surface area contributed by atoms with Gasteiger partial charge in [0, 0.05) is 13.1 Å². The van der Waals surface area contributed by atoms with Crippen LogP contribution in [0.1, 0.15) is 40.0 Å². The molecule has 1 fully saturated rings. The Labute approximate surface area is 175 Å². The number of ether oxygens (including phenoxy) is 2. The molecule has 0 aliphatic carbocycles. The number of piperidine rings is 1. The topological polar surface area (TPSA) is 102 Å². The fraction of sp³-hybridized carbons (Fsp3) is 0.333. The molecule has 8 nitrogen and oxygen atoms in total. The highest BCUT2D eigenvalue weighted by molar-refractivity contribution is 7.89. The SMILES string of the molecule is COC(=O)c1ccccc1NC(=O)c1cc(S(=O)(=O)N2CCCCC2)ccc1OC. The predicted octanol–water partition coefficient (Wildman–Crippen LogP) is 2.91. The van der Waals surface area contributed by atoms with Crippen LogP contribution in [0.15, 0.2) is 47.4 Å². The third-order valence-corrected chi connectivity index (χ3v) is 6.84. The van der Waals surface area contributed by atoms with Crippen LogP contribution < -0.4 is 10.1 Å². The van der Waals surface area contributed by atoms with Crippen molar-refractivity contribution in [1.29, 1.82) is 0 Å². The maximum atomic E-state index is 13.0. The minimum absolute atomic E-state index is 0.0246. The molecule has 2 aromatic carbocycles. The Hall–Kier alpha value is -2.91. The van der Waals surface area contributed by atoms with Crippen molar-refractivity contribution in [2.75, 3.05) is 32.6 Å². The monoisotopic (exact) mass is 432 g/mol. The molecule has 1 aliphatic heterocycles. The number of esters is 1. The van der Waals surface area contributed by atoms with Gasteiger partial charge < -0.3 is 14.8 Å². The van der Waals surface area contributed by atoms with Crippen LogP contribution >= 0.6 is 0 Å². The summed E-state index contributed by atoms with van der Waals surface area (Å²) >= 11 is 0. The average molecular weight is 432 g/mol. The van der Waals surface area contributed by atoms with E-state index in [-0.39, 0.29) is 27.5 Å². The Morgan fingerprint density at radius 2 is 1.67 bits per heavy atom. The van der Waals surface area contributed by atoms with Gasteiger partial charge in [-0.05, 0) is 43.2 Å². The molecule has 9 heteroatoms. The van der Waals surface area contributed by atoms with Gasteiger partial charge in [0.2, 0.25) is 10.0 Å². The maximum Gasteiger partial charge on any atom is 0.339 e. The minimum atomic E-state index is -3.72. The Morgan fingerprint density at radius 1 is 0.967 bits per heavy atom. The summed E-state index contributed by atoms with van der Waals surface area (Å²) in [5.74, 6) is -0.973. The Kier molecular flexibility index (Phi) is 6.73. The van der Waals surface area contributed by atoms with Crippen LogP contribution in [0.4, 0.5) is 5.69 Å². The molecule has 0 saturated carbocycles. The van der Waals surface area contributed by atoms with Crippen LogP contribution in [-0.2, 0) is 14.8 Å². The molecule has 1 saturated heterocycles. The zero-order valence-electron chi connectivity index (χ0n) is 16.9. The van der Waals surface area contributed by atoms with Crippen molar-refractivity contribution in [2.45, 2.75) is 24.2 Å². The molecule has 0 radical (unpaired) electrons. The number of hydrogen-bond acceptors (Lipinski definition) is 6. The number of sulfonamides is 1. The van der Waals surface area contributed by atoms with Crippen LogP contribution in [0.5, 0.6) is 5.75 Å². The van der Waals surface area contributed by atoms with Gasteiger partial charge in [-0.3, -0.25) is 4.79 Å². The van der Waals surface area contributed by atoms with Crippen molar-refractivity contribution in [3.05, 3.63) is 53.6 Å².